The fourth-order valence-corrected chi connectivity index (χ4v) is 1.80. The van der Waals surface area contributed by atoms with Crippen LogP contribution in [0.2, 0.25) is 0 Å². The molecule has 0 spiro atoms. The van der Waals surface area contributed by atoms with E-state index in [2.05, 4.69) is 11.1 Å². The van der Waals surface area contributed by atoms with Crippen molar-refractivity contribution in [1.29, 1.82) is 5.26 Å². The number of nitriles is 1. The molecular formula is C14H14N4. The Morgan fingerprint density at radius 3 is 2.78 bits per heavy atom. The normalized spacial score (nSPS) is 9.78. The first-order valence-corrected chi connectivity index (χ1v) is 5.62. The topological polar surface area (TPSA) is 65.9 Å². The van der Waals surface area contributed by atoms with Crippen LogP contribution in [0.5, 0.6) is 0 Å². The molecule has 2 aromatic rings. The van der Waals surface area contributed by atoms with Gasteiger partial charge in [0.15, 0.2) is 0 Å². The maximum Gasteiger partial charge on any atom is 0.101 e. The van der Waals surface area contributed by atoms with Gasteiger partial charge >= 0.3 is 0 Å². The molecule has 1 aromatic heterocycles. The van der Waals surface area contributed by atoms with Gasteiger partial charge in [0.1, 0.15) is 6.07 Å². The van der Waals surface area contributed by atoms with Crippen molar-refractivity contribution in [3.63, 3.8) is 0 Å². The number of hydrogen-bond donors (Lipinski definition) is 1. The van der Waals surface area contributed by atoms with Gasteiger partial charge in [0.25, 0.3) is 0 Å². The molecule has 2 rings (SSSR count). The van der Waals surface area contributed by atoms with Crippen LogP contribution in [0.25, 0.3) is 0 Å². The smallest absolute Gasteiger partial charge is 0.101 e. The summed E-state index contributed by atoms with van der Waals surface area (Å²) in [4.78, 5) is 6.25. The molecule has 2 N–H and O–H groups in total. The Kier molecular flexibility index (Phi) is 3.44. The van der Waals surface area contributed by atoms with Crippen molar-refractivity contribution in [3.05, 3.63) is 53.9 Å². The molecule has 4 heteroatoms. The highest BCUT2D eigenvalue weighted by Gasteiger charge is 2.09. The fraction of sp³-hybridized carbons (Fsp3) is 0.143. The van der Waals surface area contributed by atoms with Gasteiger partial charge in [-0.2, -0.15) is 5.26 Å². The SMILES string of the molecule is CN(Cc1ccccn1)c1cccc(C#N)c1N. The van der Waals surface area contributed by atoms with Gasteiger partial charge in [-0.15, -0.1) is 0 Å². The van der Waals surface area contributed by atoms with Crippen LogP contribution in [-0.2, 0) is 6.54 Å². The summed E-state index contributed by atoms with van der Waals surface area (Å²) in [5.41, 5.74) is 8.78. The molecule has 1 heterocycles. The molecule has 0 amide bonds. The largest absolute Gasteiger partial charge is 0.396 e. The summed E-state index contributed by atoms with van der Waals surface area (Å²) < 4.78 is 0. The zero-order valence-electron chi connectivity index (χ0n) is 10.2. The van der Waals surface area contributed by atoms with Crippen LogP contribution in [0.3, 0.4) is 0 Å². The molecule has 0 fully saturated rings. The minimum Gasteiger partial charge on any atom is -0.396 e. The van der Waals surface area contributed by atoms with Crippen LogP contribution in [0, 0.1) is 11.3 Å². The van der Waals surface area contributed by atoms with E-state index in [9.17, 15) is 0 Å². The summed E-state index contributed by atoms with van der Waals surface area (Å²) in [6, 6.07) is 13.3. The first kappa shape index (κ1) is 11.9. The Bertz CT molecular complexity index is 572. The van der Waals surface area contributed by atoms with E-state index in [0.717, 1.165) is 11.4 Å². The van der Waals surface area contributed by atoms with Crippen molar-refractivity contribution >= 4 is 11.4 Å². The molecule has 0 aliphatic carbocycles. The lowest BCUT2D eigenvalue weighted by Gasteiger charge is -2.21. The minimum atomic E-state index is 0.500. The third-order valence-corrected chi connectivity index (χ3v) is 2.74. The lowest BCUT2D eigenvalue weighted by atomic mass is 10.1. The highest BCUT2D eigenvalue weighted by atomic mass is 15.1. The van der Waals surface area contributed by atoms with Gasteiger partial charge in [-0.3, -0.25) is 4.98 Å². The number of aromatic nitrogens is 1. The van der Waals surface area contributed by atoms with E-state index >= 15 is 0 Å². The van der Waals surface area contributed by atoms with Crippen molar-refractivity contribution in [2.24, 2.45) is 0 Å². The number of nitrogens with two attached hydrogens (primary N) is 1. The maximum absolute atomic E-state index is 8.95. The zero-order valence-corrected chi connectivity index (χ0v) is 10.2. The van der Waals surface area contributed by atoms with Gasteiger partial charge in [0.2, 0.25) is 0 Å². The van der Waals surface area contributed by atoms with Crippen LogP contribution in [0.15, 0.2) is 42.6 Å². The fourth-order valence-electron chi connectivity index (χ4n) is 1.80. The average molecular weight is 238 g/mol. The molecular weight excluding hydrogens is 224 g/mol. The number of para-hydroxylation sites is 1. The van der Waals surface area contributed by atoms with Gasteiger partial charge in [0.05, 0.1) is 29.2 Å². The Morgan fingerprint density at radius 2 is 2.11 bits per heavy atom. The van der Waals surface area contributed by atoms with Gasteiger partial charge in [-0.05, 0) is 24.3 Å². The molecule has 0 aliphatic heterocycles. The lowest BCUT2D eigenvalue weighted by Crippen LogP contribution is -2.18. The van der Waals surface area contributed by atoms with E-state index in [1.807, 2.05) is 42.3 Å². The summed E-state index contributed by atoms with van der Waals surface area (Å²) in [7, 11) is 1.93. The van der Waals surface area contributed by atoms with Crippen LogP contribution in [0.4, 0.5) is 11.4 Å². The number of benzene rings is 1. The molecule has 0 saturated heterocycles. The van der Waals surface area contributed by atoms with E-state index in [-0.39, 0.29) is 0 Å². The lowest BCUT2D eigenvalue weighted by molar-refractivity contribution is 0.886. The number of hydrogen-bond acceptors (Lipinski definition) is 4. The van der Waals surface area contributed by atoms with Gasteiger partial charge in [-0.1, -0.05) is 12.1 Å². The Balaban J connectivity index is 2.25. The third-order valence-electron chi connectivity index (χ3n) is 2.74. The first-order chi connectivity index (χ1) is 8.72. The summed E-state index contributed by atoms with van der Waals surface area (Å²) in [5, 5.41) is 8.95. The standard InChI is InChI=1S/C14H14N4/c1-18(10-12-6-2-3-8-17-12)13-7-4-5-11(9-15)14(13)16/h2-8H,10,16H2,1H3. The third kappa shape index (κ3) is 2.41. The van der Waals surface area contributed by atoms with Crippen molar-refractivity contribution in [3.8, 4) is 6.07 Å². The number of pyridine rings is 1. The van der Waals surface area contributed by atoms with Crippen molar-refractivity contribution < 1.29 is 0 Å². The van der Waals surface area contributed by atoms with Crippen LogP contribution in [-0.4, -0.2) is 12.0 Å². The maximum atomic E-state index is 8.95. The predicted octanol–water partition coefficient (Wildman–Crippen LogP) is 2.17. The molecule has 18 heavy (non-hydrogen) atoms. The molecule has 0 radical (unpaired) electrons. The van der Waals surface area contributed by atoms with E-state index in [0.29, 0.717) is 17.8 Å². The van der Waals surface area contributed by atoms with Gasteiger partial charge < -0.3 is 10.6 Å². The molecule has 90 valence electrons. The molecule has 4 nitrogen and oxygen atoms in total. The van der Waals surface area contributed by atoms with E-state index in [1.54, 1.807) is 12.3 Å². The zero-order chi connectivity index (χ0) is 13.0. The van der Waals surface area contributed by atoms with E-state index in [4.69, 9.17) is 11.0 Å². The first-order valence-electron chi connectivity index (χ1n) is 5.62. The second-order valence-electron chi connectivity index (χ2n) is 4.03. The molecule has 0 atom stereocenters. The van der Waals surface area contributed by atoms with Crippen LogP contribution >= 0.6 is 0 Å². The summed E-state index contributed by atoms with van der Waals surface area (Å²) in [6.45, 7) is 0.653. The van der Waals surface area contributed by atoms with Crippen LogP contribution < -0.4 is 10.6 Å². The Labute approximate surface area is 106 Å². The van der Waals surface area contributed by atoms with Crippen molar-refractivity contribution in [1.82, 2.24) is 4.98 Å². The van der Waals surface area contributed by atoms with Gasteiger partial charge in [-0.25, -0.2) is 0 Å². The van der Waals surface area contributed by atoms with E-state index in [1.165, 1.54) is 0 Å². The average Bonchev–Trinajstić information content (AvgIpc) is 2.40. The number of anilines is 2. The van der Waals surface area contributed by atoms with E-state index < -0.39 is 0 Å². The number of rotatable bonds is 3. The van der Waals surface area contributed by atoms with Crippen molar-refractivity contribution in [2.45, 2.75) is 6.54 Å². The second kappa shape index (κ2) is 5.19. The molecule has 0 saturated carbocycles. The second-order valence-corrected chi connectivity index (χ2v) is 4.03. The van der Waals surface area contributed by atoms with Crippen LogP contribution in [0.1, 0.15) is 11.3 Å². The number of nitrogens with zero attached hydrogens (tertiary/aromatic N) is 3. The highest BCUT2D eigenvalue weighted by molar-refractivity contribution is 5.73. The summed E-state index contributed by atoms with van der Waals surface area (Å²) in [5.74, 6) is 0. The molecule has 0 unspecified atom stereocenters. The monoisotopic (exact) mass is 238 g/mol. The highest BCUT2D eigenvalue weighted by Crippen LogP contribution is 2.26. The molecule has 0 aliphatic rings. The summed E-state index contributed by atoms with van der Waals surface area (Å²) in [6.07, 6.45) is 1.76. The Morgan fingerprint density at radius 1 is 1.28 bits per heavy atom. The quantitative estimate of drug-likeness (QED) is 0.832. The summed E-state index contributed by atoms with van der Waals surface area (Å²) >= 11 is 0. The molecule has 0 bridgehead atoms. The number of nitrogen functional groups attached to an aromatic ring is 1. The van der Waals surface area contributed by atoms with Gasteiger partial charge in [0, 0.05) is 13.2 Å². The Hall–Kier alpha value is -2.54. The molecule has 1 aromatic carbocycles. The minimum absolute atomic E-state index is 0.500. The predicted molar refractivity (Wildman–Crippen MR) is 71.9 cm³/mol. The van der Waals surface area contributed by atoms with Crippen molar-refractivity contribution in [2.75, 3.05) is 17.7 Å².